The first-order valence-corrected chi connectivity index (χ1v) is 5.56. The summed E-state index contributed by atoms with van der Waals surface area (Å²) in [5.41, 5.74) is 0. The highest BCUT2D eigenvalue weighted by Gasteiger charge is 2.37. The third kappa shape index (κ3) is 2.47. The van der Waals surface area contributed by atoms with E-state index in [9.17, 15) is 4.79 Å². The number of hydrogen-bond donors (Lipinski definition) is 1. The van der Waals surface area contributed by atoms with Crippen molar-refractivity contribution in [3.8, 4) is 0 Å². The quantitative estimate of drug-likeness (QED) is 0.698. The van der Waals surface area contributed by atoms with Crippen molar-refractivity contribution in [3.05, 3.63) is 0 Å². The fraction of sp³-hybridized carbons (Fsp3) is 0.909. The zero-order chi connectivity index (χ0) is 10.6. The maximum absolute atomic E-state index is 11.6. The van der Waals surface area contributed by atoms with Crippen LogP contribution in [0.2, 0.25) is 0 Å². The summed E-state index contributed by atoms with van der Waals surface area (Å²) in [6.07, 6.45) is 3.12. The lowest BCUT2D eigenvalue weighted by Gasteiger charge is -2.15. The topological polar surface area (TPSA) is 38.3 Å². The summed E-state index contributed by atoms with van der Waals surface area (Å²) in [7, 11) is 1.96. The molecule has 14 heavy (non-hydrogen) atoms. The normalized spacial score (nSPS) is 31.8. The van der Waals surface area contributed by atoms with E-state index in [2.05, 4.69) is 12.2 Å². The molecule has 0 aromatic carbocycles. The van der Waals surface area contributed by atoms with Crippen molar-refractivity contribution >= 4 is 5.97 Å². The minimum Gasteiger partial charge on any atom is -0.466 e. The van der Waals surface area contributed by atoms with E-state index in [4.69, 9.17) is 4.74 Å². The Bertz CT molecular complexity index is 194. The maximum Gasteiger partial charge on any atom is 0.309 e. The molecular formula is C11H21NO2. The molecule has 82 valence electrons. The van der Waals surface area contributed by atoms with Crippen molar-refractivity contribution in [2.45, 2.75) is 39.2 Å². The number of carbonyl (C=O) groups excluding carboxylic acids is 1. The Labute approximate surface area is 86.2 Å². The molecule has 0 aromatic heterocycles. The monoisotopic (exact) mass is 199 g/mol. The largest absolute Gasteiger partial charge is 0.466 e. The second-order valence-corrected chi connectivity index (χ2v) is 3.98. The van der Waals surface area contributed by atoms with Crippen molar-refractivity contribution in [2.75, 3.05) is 13.7 Å². The molecule has 0 amide bonds. The van der Waals surface area contributed by atoms with Crippen molar-refractivity contribution in [2.24, 2.45) is 11.8 Å². The standard InChI is InChI=1S/C11H21NO2/c1-4-8-6-9(12-3)7-10(8)11(13)14-5-2/h8-10,12H,4-7H2,1-3H3. The second-order valence-electron chi connectivity index (χ2n) is 3.98. The van der Waals surface area contributed by atoms with Crippen LogP contribution in [0.25, 0.3) is 0 Å². The summed E-state index contributed by atoms with van der Waals surface area (Å²) in [5, 5.41) is 3.25. The van der Waals surface area contributed by atoms with E-state index >= 15 is 0 Å². The number of rotatable bonds is 4. The van der Waals surface area contributed by atoms with Gasteiger partial charge in [0.15, 0.2) is 0 Å². The van der Waals surface area contributed by atoms with Gasteiger partial charge in [-0.15, -0.1) is 0 Å². The third-order valence-electron chi connectivity index (χ3n) is 3.22. The van der Waals surface area contributed by atoms with Crippen LogP contribution >= 0.6 is 0 Å². The van der Waals surface area contributed by atoms with Crippen LogP contribution < -0.4 is 5.32 Å². The van der Waals surface area contributed by atoms with E-state index in [1.54, 1.807) is 0 Å². The highest BCUT2D eigenvalue weighted by atomic mass is 16.5. The first-order valence-electron chi connectivity index (χ1n) is 5.56. The Hall–Kier alpha value is -0.570. The van der Waals surface area contributed by atoms with Gasteiger partial charge in [0.05, 0.1) is 12.5 Å². The van der Waals surface area contributed by atoms with E-state index in [-0.39, 0.29) is 11.9 Å². The first kappa shape index (κ1) is 11.5. The lowest BCUT2D eigenvalue weighted by molar-refractivity contribution is -0.149. The van der Waals surface area contributed by atoms with Crippen LogP contribution in [0.15, 0.2) is 0 Å². The van der Waals surface area contributed by atoms with Crippen LogP contribution in [0.5, 0.6) is 0 Å². The molecule has 3 unspecified atom stereocenters. The fourth-order valence-electron chi connectivity index (χ4n) is 2.35. The Kier molecular flexibility index (Phi) is 4.39. The summed E-state index contributed by atoms with van der Waals surface area (Å²) in [6, 6.07) is 0.495. The van der Waals surface area contributed by atoms with Gasteiger partial charge in [0.2, 0.25) is 0 Å². The summed E-state index contributed by atoms with van der Waals surface area (Å²) in [5.74, 6) is 0.626. The van der Waals surface area contributed by atoms with Gasteiger partial charge < -0.3 is 10.1 Å². The third-order valence-corrected chi connectivity index (χ3v) is 3.22. The SMILES string of the molecule is CCOC(=O)C1CC(NC)CC1CC. The summed E-state index contributed by atoms with van der Waals surface area (Å²) >= 11 is 0. The molecule has 1 saturated carbocycles. The number of nitrogens with one attached hydrogen (secondary N) is 1. The van der Waals surface area contributed by atoms with E-state index in [0.717, 1.165) is 19.3 Å². The van der Waals surface area contributed by atoms with E-state index in [0.29, 0.717) is 18.6 Å². The summed E-state index contributed by atoms with van der Waals surface area (Å²) < 4.78 is 5.08. The van der Waals surface area contributed by atoms with Gasteiger partial charge in [0, 0.05) is 6.04 Å². The Morgan fingerprint density at radius 1 is 1.43 bits per heavy atom. The van der Waals surface area contributed by atoms with Crippen molar-refractivity contribution in [1.29, 1.82) is 0 Å². The molecule has 3 nitrogen and oxygen atoms in total. The number of ether oxygens (including phenoxy) is 1. The van der Waals surface area contributed by atoms with E-state index in [1.807, 2.05) is 14.0 Å². The Morgan fingerprint density at radius 3 is 2.64 bits per heavy atom. The van der Waals surface area contributed by atoms with Crippen molar-refractivity contribution < 1.29 is 9.53 Å². The van der Waals surface area contributed by atoms with E-state index < -0.39 is 0 Å². The lowest BCUT2D eigenvalue weighted by atomic mass is 9.94. The molecule has 0 bridgehead atoms. The first-order chi connectivity index (χ1) is 6.72. The van der Waals surface area contributed by atoms with E-state index in [1.165, 1.54) is 0 Å². The van der Waals surface area contributed by atoms with Gasteiger partial charge in [0.25, 0.3) is 0 Å². The molecule has 1 aliphatic carbocycles. The molecular weight excluding hydrogens is 178 g/mol. The highest BCUT2D eigenvalue weighted by molar-refractivity contribution is 5.73. The van der Waals surface area contributed by atoms with Crippen LogP contribution in [0, 0.1) is 11.8 Å². The number of hydrogen-bond acceptors (Lipinski definition) is 3. The minimum absolute atomic E-state index is 0.00269. The van der Waals surface area contributed by atoms with Gasteiger partial charge in [0.1, 0.15) is 0 Å². The molecule has 0 spiro atoms. The predicted octanol–water partition coefficient (Wildman–Crippen LogP) is 1.57. The molecule has 1 fully saturated rings. The molecule has 0 saturated heterocycles. The van der Waals surface area contributed by atoms with Gasteiger partial charge in [-0.1, -0.05) is 13.3 Å². The molecule has 0 heterocycles. The molecule has 3 heteroatoms. The molecule has 1 rings (SSSR count). The van der Waals surface area contributed by atoms with Crippen molar-refractivity contribution in [3.63, 3.8) is 0 Å². The van der Waals surface area contributed by atoms with Crippen LogP contribution in [-0.4, -0.2) is 25.7 Å². The van der Waals surface area contributed by atoms with Crippen molar-refractivity contribution in [1.82, 2.24) is 5.32 Å². The maximum atomic E-state index is 11.6. The highest BCUT2D eigenvalue weighted by Crippen LogP contribution is 2.34. The predicted molar refractivity (Wildman–Crippen MR) is 56.0 cm³/mol. The zero-order valence-corrected chi connectivity index (χ0v) is 9.38. The molecule has 0 aliphatic heterocycles. The summed E-state index contributed by atoms with van der Waals surface area (Å²) in [4.78, 5) is 11.6. The van der Waals surface area contributed by atoms with Crippen LogP contribution in [0.1, 0.15) is 33.1 Å². The van der Waals surface area contributed by atoms with Gasteiger partial charge in [-0.2, -0.15) is 0 Å². The van der Waals surface area contributed by atoms with Gasteiger partial charge in [-0.05, 0) is 32.7 Å². The number of esters is 1. The minimum atomic E-state index is -0.00269. The molecule has 1 aliphatic rings. The molecule has 0 radical (unpaired) electrons. The van der Waals surface area contributed by atoms with Crippen LogP contribution in [0.4, 0.5) is 0 Å². The van der Waals surface area contributed by atoms with Crippen LogP contribution in [-0.2, 0) is 9.53 Å². The molecule has 0 aromatic rings. The zero-order valence-electron chi connectivity index (χ0n) is 9.38. The Balaban J connectivity index is 2.54. The number of carbonyl (C=O) groups is 1. The average Bonchev–Trinajstić information content (AvgIpc) is 2.61. The molecule has 3 atom stereocenters. The fourth-order valence-corrected chi connectivity index (χ4v) is 2.35. The smallest absolute Gasteiger partial charge is 0.309 e. The lowest BCUT2D eigenvalue weighted by Crippen LogP contribution is -2.23. The second kappa shape index (κ2) is 5.35. The summed E-state index contributed by atoms with van der Waals surface area (Å²) in [6.45, 7) is 4.51. The van der Waals surface area contributed by atoms with Gasteiger partial charge in [-0.25, -0.2) is 0 Å². The Morgan fingerprint density at radius 2 is 2.14 bits per heavy atom. The van der Waals surface area contributed by atoms with Gasteiger partial charge in [-0.3, -0.25) is 4.79 Å². The molecule has 1 N–H and O–H groups in total. The van der Waals surface area contributed by atoms with Crippen LogP contribution in [0.3, 0.4) is 0 Å². The van der Waals surface area contributed by atoms with Gasteiger partial charge >= 0.3 is 5.97 Å². The average molecular weight is 199 g/mol.